The van der Waals surface area contributed by atoms with Crippen molar-refractivity contribution in [1.82, 2.24) is 0 Å². The van der Waals surface area contributed by atoms with E-state index >= 15 is 0 Å². The van der Waals surface area contributed by atoms with Gasteiger partial charge in [-0.2, -0.15) is 0 Å². The number of nitrogens with zero attached hydrogens (tertiary/aromatic N) is 2. The number of rotatable bonds is 7. The van der Waals surface area contributed by atoms with Gasteiger partial charge in [0, 0.05) is 28.2 Å². The minimum atomic E-state index is -0.108. The van der Waals surface area contributed by atoms with E-state index in [0.717, 1.165) is 25.7 Å². The fourth-order valence-electron chi connectivity index (χ4n) is 9.51. The molecule has 7 aromatic carbocycles. The van der Waals surface area contributed by atoms with Crippen LogP contribution in [0.5, 0.6) is 0 Å². The van der Waals surface area contributed by atoms with Gasteiger partial charge in [0.15, 0.2) is 0 Å². The highest BCUT2D eigenvalue weighted by Gasteiger charge is 2.49. The first-order valence-electron chi connectivity index (χ1n) is 18.7. The summed E-state index contributed by atoms with van der Waals surface area (Å²) in [6.45, 7) is 6.65. The molecule has 1 atom stereocenters. The lowest BCUT2D eigenvalue weighted by atomic mass is 9.74. The van der Waals surface area contributed by atoms with Crippen molar-refractivity contribution in [2.45, 2.75) is 51.9 Å². The lowest BCUT2D eigenvalue weighted by Crippen LogP contribution is -2.27. The summed E-state index contributed by atoms with van der Waals surface area (Å²) in [4.78, 5) is 4.99. The van der Waals surface area contributed by atoms with Crippen LogP contribution in [0.2, 0.25) is 0 Å². The first-order valence-corrected chi connectivity index (χ1v) is 18.7. The van der Waals surface area contributed by atoms with Crippen LogP contribution >= 0.6 is 0 Å². The Morgan fingerprint density at radius 1 is 0.423 bits per heavy atom. The number of fused-ring (bicyclic) bond motifs is 4. The molecule has 0 N–H and O–H groups in total. The van der Waals surface area contributed by atoms with Gasteiger partial charge in [0.2, 0.25) is 0 Å². The van der Waals surface area contributed by atoms with Gasteiger partial charge in [0.25, 0.3) is 0 Å². The van der Waals surface area contributed by atoms with Crippen LogP contribution in [-0.4, -0.2) is 0 Å². The zero-order valence-corrected chi connectivity index (χ0v) is 30.3. The SMILES string of the molecule is Cc1cc(C)c(-c2ccc(N(c3ccccc3)c3cccc4c3[C@]3(CCc5cccc(N(c6ccccc6)c6ccccc6)c53)CC4)cc2)c(C)c1. The third-order valence-corrected chi connectivity index (χ3v) is 11.5. The maximum absolute atomic E-state index is 2.51. The highest BCUT2D eigenvalue weighted by atomic mass is 15.2. The molecule has 2 nitrogen and oxygen atoms in total. The summed E-state index contributed by atoms with van der Waals surface area (Å²) in [5.74, 6) is 0. The Labute approximate surface area is 308 Å². The lowest BCUT2D eigenvalue weighted by Gasteiger charge is -2.37. The molecule has 0 fully saturated rings. The largest absolute Gasteiger partial charge is 0.310 e. The molecule has 0 radical (unpaired) electrons. The van der Waals surface area contributed by atoms with Crippen molar-refractivity contribution in [2.24, 2.45) is 0 Å². The van der Waals surface area contributed by atoms with Gasteiger partial charge in [-0.3, -0.25) is 0 Å². The smallest absolute Gasteiger partial charge is 0.0505 e. The fraction of sp³-hybridized carbons (Fsp3) is 0.160. The van der Waals surface area contributed by atoms with Gasteiger partial charge in [-0.1, -0.05) is 109 Å². The number of hydrogen-bond acceptors (Lipinski definition) is 2. The first-order chi connectivity index (χ1) is 25.5. The third-order valence-electron chi connectivity index (χ3n) is 11.5. The molecule has 254 valence electrons. The Balaban J connectivity index is 1.23. The molecule has 0 unspecified atom stereocenters. The van der Waals surface area contributed by atoms with Crippen LogP contribution in [0, 0.1) is 20.8 Å². The maximum Gasteiger partial charge on any atom is 0.0505 e. The normalized spacial score (nSPS) is 15.8. The van der Waals surface area contributed by atoms with Crippen LogP contribution in [0.25, 0.3) is 11.1 Å². The molecule has 0 aromatic heterocycles. The molecule has 52 heavy (non-hydrogen) atoms. The summed E-state index contributed by atoms with van der Waals surface area (Å²) in [5, 5.41) is 0. The zero-order chi connectivity index (χ0) is 35.2. The number of hydrogen-bond donors (Lipinski definition) is 0. The Kier molecular flexibility index (Phi) is 8.04. The molecule has 7 aromatic rings. The van der Waals surface area contributed by atoms with Crippen LogP contribution in [0.3, 0.4) is 0 Å². The molecule has 1 spiro atoms. The standard InChI is InChI=1S/C50H44N2/c1-35-33-36(2)47(37(3)34-35)38-25-27-44(28-26-38)52(43-21-11-6-12-22-43)46-24-14-16-40-30-32-50(49(40)46)31-29-39-15-13-23-45(48(39)50)51(41-17-7-4-8-18-41)42-19-9-5-10-20-42/h4-28,33-34H,29-32H2,1-3H3/t50-/m1/s1. The third kappa shape index (κ3) is 5.33. The molecule has 0 saturated heterocycles. The second-order valence-corrected chi connectivity index (χ2v) is 14.7. The molecule has 2 aliphatic rings. The molecule has 0 bridgehead atoms. The molecule has 2 aliphatic carbocycles. The molecule has 9 rings (SSSR count). The minimum Gasteiger partial charge on any atom is -0.310 e. The summed E-state index contributed by atoms with van der Waals surface area (Å²) in [6.07, 6.45) is 4.35. The number of para-hydroxylation sites is 3. The van der Waals surface area contributed by atoms with Crippen molar-refractivity contribution in [3.63, 3.8) is 0 Å². The first kappa shape index (κ1) is 32.1. The van der Waals surface area contributed by atoms with Crippen molar-refractivity contribution >= 4 is 34.1 Å². The molecule has 0 amide bonds. The fourth-order valence-corrected chi connectivity index (χ4v) is 9.51. The Hall–Kier alpha value is -5.86. The minimum absolute atomic E-state index is 0.108. The van der Waals surface area contributed by atoms with Crippen molar-refractivity contribution in [3.05, 3.63) is 203 Å². The number of aryl methyl sites for hydroxylation is 5. The van der Waals surface area contributed by atoms with Gasteiger partial charge in [-0.05, 0) is 152 Å². The van der Waals surface area contributed by atoms with Gasteiger partial charge in [0.05, 0.1) is 11.4 Å². The van der Waals surface area contributed by atoms with Crippen molar-refractivity contribution in [3.8, 4) is 11.1 Å². The molecule has 2 heteroatoms. The Morgan fingerprint density at radius 2 is 0.827 bits per heavy atom. The zero-order valence-electron chi connectivity index (χ0n) is 30.3. The van der Waals surface area contributed by atoms with Crippen molar-refractivity contribution in [1.29, 1.82) is 0 Å². The van der Waals surface area contributed by atoms with Crippen molar-refractivity contribution < 1.29 is 0 Å². The number of anilines is 6. The summed E-state index contributed by atoms with van der Waals surface area (Å²) in [6, 6.07) is 60.6. The van der Waals surface area contributed by atoms with Crippen LogP contribution in [0.15, 0.2) is 164 Å². The Morgan fingerprint density at radius 3 is 1.25 bits per heavy atom. The van der Waals surface area contributed by atoms with E-state index in [4.69, 9.17) is 0 Å². The lowest BCUT2D eigenvalue weighted by molar-refractivity contribution is 0.508. The Bertz CT molecular complexity index is 2310. The van der Waals surface area contributed by atoms with Gasteiger partial charge in [0.1, 0.15) is 0 Å². The highest BCUT2D eigenvalue weighted by Crippen LogP contribution is 2.59. The van der Waals surface area contributed by atoms with Crippen LogP contribution < -0.4 is 9.80 Å². The summed E-state index contributed by atoms with van der Waals surface area (Å²) >= 11 is 0. The predicted octanol–water partition coefficient (Wildman–Crippen LogP) is 13.4. The molecule has 0 heterocycles. The van der Waals surface area contributed by atoms with Gasteiger partial charge < -0.3 is 9.80 Å². The maximum atomic E-state index is 2.51. The monoisotopic (exact) mass is 672 g/mol. The van der Waals surface area contributed by atoms with E-state index in [2.05, 4.69) is 194 Å². The predicted molar refractivity (Wildman–Crippen MR) is 219 cm³/mol. The van der Waals surface area contributed by atoms with Crippen LogP contribution in [0.4, 0.5) is 34.1 Å². The topological polar surface area (TPSA) is 6.48 Å². The van der Waals surface area contributed by atoms with E-state index in [0.29, 0.717) is 0 Å². The van der Waals surface area contributed by atoms with Gasteiger partial charge in [-0.25, -0.2) is 0 Å². The number of benzene rings is 7. The second-order valence-electron chi connectivity index (χ2n) is 14.7. The van der Waals surface area contributed by atoms with E-state index < -0.39 is 0 Å². The molecular formula is C50H44N2. The summed E-state index contributed by atoms with van der Waals surface area (Å²) < 4.78 is 0. The highest BCUT2D eigenvalue weighted by molar-refractivity contribution is 5.86. The van der Waals surface area contributed by atoms with E-state index in [9.17, 15) is 0 Å². The van der Waals surface area contributed by atoms with E-state index in [-0.39, 0.29) is 5.41 Å². The van der Waals surface area contributed by atoms with Crippen LogP contribution in [-0.2, 0) is 18.3 Å². The van der Waals surface area contributed by atoms with Gasteiger partial charge >= 0.3 is 0 Å². The average molecular weight is 673 g/mol. The average Bonchev–Trinajstić information content (AvgIpc) is 3.75. The quantitative estimate of drug-likeness (QED) is 0.166. The van der Waals surface area contributed by atoms with E-state index in [1.54, 1.807) is 0 Å². The van der Waals surface area contributed by atoms with Crippen LogP contribution in [0.1, 0.15) is 51.8 Å². The molecule has 0 saturated carbocycles. The van der Waals surface area contributed by atoms with Gasteiger partial charge in [-0.15, -0.1) is 0 Å². The van der Waals surface area contributed by atoms with E-state index in [1.165, 1.54) is 84.2 Å². The van der Waals surface area contributed by atoms with Crippen molar-refractivity contribution in [2.75, 3.05) is 9.80 Å². The molecular weight excluding hydrogens is 629 g/mol. The summed E-state index contributed by atoms with van der Waals surface area (Å²) in [7, 11) is 0. The summed E-state index contributed by atoms with van der Waals surface area (Å²) in [5.41, 5.74) is 19.6. The second kappa shape index (κ2) is 13.0. The molecule has 0 aliphatic heterocycles. The van der Waals surface area contributed by atoms with E-state index in [1.807, 2.05) is 0 Å².